The number of sulfonamides is 1. The normalized spacial score (nSPS) is 15.8. The number of carbonyl (C=O) groups excluding carboxylic acids is 1. The minimum absolute atomic E-state index is 0.0164. The van der Waals surface area contributed by atoms with Gasteiger partial charge >= 0.3 is 0 Å². The molecule has 1 aliphatic rings. The zero-order chi connectivity index (χ0) is 18.0. The lowest BCUT2D eigenvalue weighted by Gasteiger charge is -2.28. The van der Waals surface area contributed by atoms with Gasteiger partial charge in [-0.05, 0) is 49.2 Å². The van der Waals surface area contributed by atoms with Crippen molar-refractivity contribution in [3.05, 3.63) is 59.2 Å². The van der Waals surface area contributed by atoms with E-state index in [2.05, 4.69) is 10.9 Å². The molecule has 0 bridgehead atoms. The quantitative estimate of drug-likeness (QED) is 0.831. The number of amides is 1. The highest BCUT2D eigenvalue weighted by molar-refractivity contribution is 7.89. The van der Waals surface area contributed by atoms with Crippen LogP contribution < -0.4 is 9.57 Å². The highest BCUT2D eigenvalue weighted by Crippen LogP contribution is 2.22. The highest BCUT2D eigenvalue weighted by Gasteiger charge is 2.33. The Balaban J connectivity index is 1.62. The van der Waals surface area contributed by atoms with E-state index in [0.717, 1.165) is 21.9 Å². The first-order valence-electron chi connectivity index (χ1n) is 8.01. The molecule has 2 aromatic carbocycles. The number of hydrogen-bond donors (Lipinski definition) is 1. The fourth-order valence-corrected chi connectivity index (χ4v) is 4.10. The first-order chi connectivity index (χ1) is 11.9. The topological polar surface area (TPSA) is 75.7 Å². The molecule has 3 rings (SSSR count). The molecule has 132 valence electrons. The minimum Gasteiger partial charge on any atom is -0.494 e. The number of hydrogen-bond acceptors (Lipinski definition) is 4. The second-order valence-electron chi connectivity index (χ2n) is 6.07. The van der Waals surface area contributed by atoms with Crippen LogP contribution in [0.15, 0.2) is 47.4 Å². The van der Waals surface area contributed by atoms with Crippen molar-refractivity contribution in [2.75, 3.05) is 13.2 Å². The van der Waals surface area contributed by atoms with E-state index >= 15 is 0 Å². The molecule has 0 aliphatic carbocycles. The number of benzene rings is 2. The fourth-order valence-electron chi connectivity index (χ4n) is 2.83. The molecule has 6 nitrogen and oxygen atoms in total. The zero-order valence-corrected chi connectivity index (χ0v) is 15.0. The Morgan fingerprint density at radius 3 is 2.48 bits per heavy atom. The van der Waals surface area contributed by atoms with Crippen molar-refractivity contribution < 1.29 is 17.9 Å². The van der Waals surface area contributed by atoms with Crippen molar-refractivity contribution in [3.8, 4) is 5.75 Å². The molecule has 25 heavy (non-hydrogen) atoms. The maximum absolute atomic E-state index is 12.4. The van der Waals surface area contributed by atoms with Crippen LogP contribution in [0.4, 0.5) is 0 Å². The van der Waals surface area contributed by atoms with Crippen LogP contribution in [-0.2, 0) is 10.0 Å². The predicted octanol–water partition coefficient (Wildman–Crippen LogP) is 2.42. The number of rotatable bonds is 5. The number of carbonyl (C=O) groups is 1. The third-order valence-electron chi connectivity index (χ3n) is 3.87. The summed E-state index contributed by atoms with van der Waals surface area (Å²) in [5.74, 6) is 0.422. The van der Waals surface area contributed by atoms with Crippen LogP contribution in [0.1, 0.15) is 27.9 Å². The van der Waals surface area contributed by atoms with Gasteiger partial charge in [-0.25, -0.2) is 8.42 Å². The summed E-state index contributed by atoms with van der Waals surface area (Å²) in [7, 11) is -3.71. The first kappa shape index (κ1) is 17.4. The standard InChI is InChI=1S/C18H20N2O4S/c1-13-10-14(2)12-15(11-13)24-9-5-8-20-18(21)16-6-3-4-7-17(16)25(22,23)19-20/h3-4,6-7,10-12,19H,5,8-9H2,1-2H3. The molecule has 7 heteroatoms. The van der Waals surface area contributed by atoms with Crippen molar-refractivity contribution in [1.82, 2.24) is 9.84 Å². The monoisotopic (exact) mass is 360 g/mol. The number of ether oxygens (including phenoxy) is 1. The summed E-state index contributed by atoms with van der Waals surface area (Å²) in [6.07, 6.45) is 0.503. The van der Waals surface area contributed by atoms with E-state index in [-0.39, 0.29) is 22.9 Å². The van der Waals surface area contributed by atoms with Gasteiger partial charge in [-0.3, -0.25) is 9.80 Å². The first-order valence-corrected chi connectivity index (χ1v) is 9.49. The van der Waals surface area contributed by atoms with E-state index in [1.165, 1.54) is 12.1 Å². The van der Waals surface area contributed by atoms with Crippen molar-refractivity contribution >= 4 is 15.9 Å². The third kappa shape index (κ3) is 3.83. The van der Waals surface area contributed by atoms with Gasteiger partial charge in [-0.2, -0.15) is 0 Å². The Bertz CT molecular complexity index is 889. The number of hydrazine groups is 1. The maximum Gasteiger partial charge on any atom is 0.270 e. The van der Waals surface area contributed by atoms with E-state index in [4.69, 9.17) is 4.74 Å². The summed E-state index contributed by atoms with van der Waals surface area (Å²) in [5, 5.41) is 1.13. The average molecular weight is 360 g/mol. The summed E-state index contributed by atoms with van der Waals surface area (Å²) in [6, 6.07) is 12.1. The SMILES string of the molecule is Cc1cc(C)cc(OCCCN2NS(=O)(=O)c3ccccc3C2=O)c1. The van der Waals surface area contributed by atoms with E-state index < -0.39 is 10.0 Å². The van der Waals surface area contributed by atoms with Crippen molar-refractivity contribution in [1.29, 1.82) is 0 Å². The largest absolute Gasteiger partial charge is 0.494 e. The number of nitrogens with zero attached hydrogens (tertiary/aromatic N) is 1. The van der Waals surface area contributed by atoms with Gasteiger partial charge in [0.25, 0.3) is 15.9 Å². The smallest absolute Gasteiger partial charge is 0.270 e. The second kappa shape index (κ2) is 6.85. The van der Waals surface area contributed by atoms with Gasteiger partial charge in [0, 0.05) is 13.0 Å². The summed E-state index contributed by atoms with van der Waals surface area (Å²) >= 11 is 0. The number of aryl methyl sites for hydroxylation is 2. The van der Waals surface area contributed by atoms with E-state index in [1.54, 1.807) is 12.1 Å². The van der Waals surface area contributed by atoms with Crippen LogP contribution in [0.5, 0.6) is 5.75 Å². The van der Waals surface area contributed by atoms with Gasteiger partial charge in [0.2, 0.25) is 0 Å². The van der Waals surface area contributed by atoms with Gasteiger partial charge < -0.3 is 4.74 Å². The molecule has 0 fully saturated rings. The Morgan fingerprint density at radius 2 is 1.76 bits per heavy atom. The van der Waals surface area contributed by atoms with E-state index in [1.807, 2.05) is 26.0 Å². The lowest BCUT2D eigenvalue weighted by atomic mass is 10.1. The van der Waals surface area contributed by atoms with E-state index in [9.17, 15) is 13.2 Å². The minimum atomic E-state index is -3.71. The fraction of sp³-hybridized carbons (Fsp3) is 0.278. The predicted molar refractivity (Wildman–Crippen MR) is 93.8 cm³/mol. The summed E-state index contributed by atoms with van der Waals surface area (Å²) < 4.78 is 30.1. The molecule has 0 saturated carbocycles. The summed E-state index contributed by atoms with van der Waals surface area (Å²) in [5.41, 5.74) is 2.42. The van der Waals surface area contributed by atoms with Crippen LogP contribution >= 0.6 is 0 Å². The van der Waals surface area contributed by atoms with Crippen LogP contribution in [0.3, 0.4) is 0 Å². The average Bonchev–Trinajstić information content (AvgIpc) is 2.55. The molecule has 0 aromatic heterocycles. The molecule has 1 aliphatic heterocycles. The molecule has 0 radical (unpaired) electrons. The van der Waals surface area contributed by atoms with Gasteiger partial charge in [-0.1, -0.05) is 18.2 Å². The third-order valence-corrected chi connectivity index (χ3v) is 5.27. The molecule has 1 N–H and O–H groups in total. The van der Waals surface area contributed by atoms with Crippen LogP contribution in [0.2, 0.25) is 0 Å². The molecule has 0 unspecified atom stereocenters. The van der Waals surface area contributed by atoms with Crippen LogP contribution in [0, 0.1) is 13.8 Å². The highest BCUT2D eigenvalue weighted by atomic mass is 32.2. The lowest BCUT2D eigenvalue weighted by molar-refractivity contribution is 0.0692. The Hall–Kier alpha value is -2.38. The van der Waals surface area contributed by atoms with Gasteiger partial charge in [0.15, 0.2) is 0 Å². The molecule has 2 aromatic rings. The maximum atomic E-state index is 12.4. The van der Waals surface area contributed by atoms with Crippen molar-refractivity contribution in [2.24, 2.45) is 0 Å². The lowest BCUT2D eigenvalue weighted by Crippen LogP contribution is -2.50. The van der Waals surface area contributed by atoms with Gasteiger partial charge in [-0.15, -0.1) is 4.83 Å². The number of fused-ring (bicyclic) bond motifs is 1. The molecular weight excluding hydrogens is 340 g/mol. The summed E-state index contributed by atoms with van der Waals surface area (Å²) in [6.45, 7) is 4.62. The molecule has 0 atom stereocenters. The summed E-state index contributed by atoms with van der Waals surface area (Å²) in [4.78, 5) is 14.7. The Labute approximate surface area is 147 Å². The molecule has 0 saturated heterocycles. The molecule has 1 heterocycles. The van der Waals surface area contributed by atoms with Gasteiger partial charge in [0.05, 0.1) is 17.1 Å². The Morgan fingerprint density at radius 1 is 1.08 bits per heavy atom. The molecule has 0 spiro atoms. The Kier molecular flexibility index (Phi) is 4.78. The van der Waals surface area contributed by atoms with Crippen LogP contribution in [0.25, 0.3) is 0 Å². The van der Waals surface area contributed by atoms with Crippen molar-refractivity contribution in [2.45, 2.75) is 25.2 Å². The molecular formula is C18H20N2O4S. The van der Waals surface area contributed by atoms with E-state index in [0.29, 0.717) is 13.0 Å². The number of nitrogens with one attached hydrogen (secondary N) is 1. The van der Waals surface area contributed by atoms with Gasteiger partial charge in [0.1, 0.15) is 5.75 Å². The van der Waals surface area contributed by atoms with Crippen LogP contribution in [-0.4, -0.2) is 32.5 Å². The zero-order valence-electron chi connectivity index (χ0n) is 14.2. The second-order valence-corrected chi connectivity index (χ2v) is 7.70. The van der Waals surface area contributed by atoms with Crippen molar-refractivity contribution in [3.63, 3.8) is 0 Å². The molecule has 1 amide bonds.